The van der Waals surface area contributed by atoms with Gasteiger partial charge in [-0.25, -0.2) is 9.59 Å². The van der Waals surface area contributed by atoms with Crippen LogP contribution >= 0.6 is 0 Å². The zero-order valence-electron chi connectivity index (χ0n) is 22.3. The van der Waals surface area contributed by atoms with Gasteiger partial charge >= 0.3 is 27.6 Å². The number of nitrogens with zero attached hydrogens (tertiary/aromatic N) is 1. The van der Waals surface area contributed by atoms with Gasteiger partial charge in [-0.15, -0.1) is 0 Å². The molecule has 0 unspecified atom stereocenters. The molecule has 0 saturated heterocycles. The van der Waals surface area contributed by atoms with Crippen LogP contribution in [-0.2, 0) is 19.6 Å². The molecule has 0 radical (unpaired) electrons. The van der Waals surface area contributed by atoms with Gasteiger partial charge < -0.3 is 18.6 Å². The van der Waals surface area contributed by atoms with Crippen LogP contribution in [0.1, 0.15) is 35.9 Å². The number of carbonyl (C=O) groups is 2. The van der Waals surface area contributed by atoms with Crippen molar-refractivity contribution in [1.29, 1.82) is 0 Å². The fourth-order valence-corrected chi connectivity index (χ4v) is 3.24. The number of alkyl halides is 3. The normalized spacial score (nSPS) is 10.9. The number of hydrogen-bond acceptors (Lipinski definition) is 8. The molecule has 38 heavy (non-hydrogen) atoms. The largest absolute Gasteiger partial charge is 0.534 e. The number of ether oxygens (including phenoxy) is 2. The van der Waals surface area contributed by atoms with Crippen LogP contribution in [0.2, 0.25) is 0 Å². The van der Waals surface area contributed by atoms with Gasteiger partial charge in [0.05, 0.1) is 26.8 Å². The second kappa shape index (κ2) is 14.6. The summed E-state index contributed by atoms with van der Waals surface area (Å²) in [4.78, 5) is 24.8. The second-order valence-electron chi connectivity index (χ2n) is 6.80. The van der Waals surface area contributed by atoms with Crippen molar-refractivity contribution < 1.29 is 46.2 Å². The Balaban J connectivity index is 0.000000367. The lowest BCUT2D eigenvalue weighted by molar-refractivity contribution is -0.0500. The van der Waals surface area contributed by atoms with Crippen LogP contribution in [0.5, 0.6) is 5.75 Å². The van der Waals surface area contributed by atoms with Gasteiger partial charge in [0.25, 0.3) is 0 Å². The first kappa shape index (κ1) is 30.2. The fourth-order valence-electron chi connectivity index (χ4n) is 2.76. The Hall–Kier alpha value is -4.06. The molecule has 3 aromatic carbocycles. The molecule has 3 rings (SSSR count). The van der Waals surface area contributed by atoms with E-state index in [0.29, 0.717) is 11.6 Å². The number of esters is 2. The maximum absolute atomic E-state index is 12.1. The number of methoxy groups -OCH3 is 2. The number of hydrogen-bond donors (Lipinski definition) is 0. The van der Waals surface area contributed by atoms with Gasteiger partial charge in [-0.05, 0) is 36.4 Å². The zero-order valence-corrected chi connectivity index (χ0v) is 22.1. The van der Waals surface area contributed by atoms with E-state index in [1.807, 2.05) is 50.1 Å². The van der Waals surface area contributed by atoms with Crippen molar-refractivity contribution in [2.75, 3.05) is 26.2 Å². The molecule has 0 N–H and O–H groups in total. The molecule has 0 aliphatic rings. The molecule has 8 nitrogen and oxygen atoms in total. The first-order valence-electron chi connectivity index (χ1n) is 11.5. The van der Waals surface area contributed by atoms with Gasteiger partial charge in [0.15, 0.2) is 5.75 Å². The third-order valence-corrected chi connectivity index (χ3v) is 5.49. The molecular formula is C26H28F3NO7S. The SMILES string of the molecule is CC.COC(=O)c1ccccc1OS(=O)(=O)C(F)(F)F.[2H]c1cccc(N(C)c2ccccc2C(=O)OC)c1. The third-order valence-electron chi connectivity index (χ3n) is 4.52. The van der Waals surface area contributed by atoms with E-state index in [1.165, 1.54) is 19.2 Å². The average molecular weight is 557 g/mol. The molecule has 0 atom stereocenters. The highest BCUT2D eigenvalue weighted by atomic mass is 32.2. The van der Waals surface area contributed by atoms with Crippen molar-refractivity contribution >= 4 is 33.4 Å². The number of rotatable bonds is 6. The fraction of sp³-hybridized carbons (Fsp3) is 0.231. The number of para-hydroxylation sites is 3. The third kappa shape index (κ3) is 8.51. The molecule has 0 heterocycles. The predicted octanol–water partition coefficient (Wildman–Crippen LogP) is 5.97. The Labute approximate surface area is 221 Å². The molecule has 0 spiro atoms. The van der Waals surface area contributed by atoms with E-state index in [-0.39, 0.29) is 5.97 Å². The van der Waals surface area contributed by atoms with E-state index in [4.69, 9.17) is 6.11 Å². The summed E-state index contributed by atoms with van der Waals surface area (Å²) in [6.07, 6.45) is 0. The maximum atomic E-state index is 12.1. The minimum Gasteiger partial charge on any atom is -0.465 e. The summed E-state index contributed by atoms with van der Waals surface area (Å²) >= 11 is 0. The van der Waals surface area contributed by atoms with Crippen LogP contribution in [0.25, 0.3) is 0 Å². The van der Waals surface area contributed by atoms with Gasteiger partial charge in [-0.2, -0.15) is 21.6 Å². The molecule has 0 aliphatic heterocycles. The number of anilines is 2. The van der Waals surface area contributed by atoms with E-state index in [2.05, 4.69) is 8.92 Å². The summed E-state index contributed by atoms with van der Waals surface area (Å²) in [7, 11) is -1.60. The Morgan fingerprint density at radius 1 is 0.816 bits per heavy atom. The summed E-state index contributed by atoms with van der Waals surface area (Å²) in [5.74, 6) is -2.13. The molecule has 0 amide bonds. The van der Waals surface area contributed by atoms with Crippen LogP contribution in [-0.4, -0.2) is 47.1 Å². The molecule has 0 aromatic heterocycles. The van der Waals surface area contributed by atoms with Gasteiger partial charge in [-0.1, -0.05) is 56.3 Å². The van der Waals surface area contributed by atoms with Crippen molar-refractivity contribution in [3.63, 3.8) is 0 Å². The Morgan fingerprint density at radius 3 is 1.87 bits per heavy atom. The summed E-state index contributed by atoms with van der Waals surface area (Å²) in [5, 5.41) is 0. The van der Waals surface area contributed by atoms with Crippen LogP contribution < -0.4 is 9.08 Å². The van der Waals surface area contributed by atoms with Gasteiger partial charge in [0.1, 0.15) is 5.56 Å². The highest BCUT2D eigenvalue weighted by Gasteiger charge is 2.49. The topological polar surface area (TPSA) is 99.2 Å². The minimum atomic E-state index is -5.82. The number of benzene rings is 3. The van der Waals surface area contributed by atoms with Gasteiger partial charge in [0.2, 0.25) is 0 Å². The Bertz CT molecular complexity index is 1370. The molecule has 0 bridgehead atoms. The van der Waals surface area contributed by atoms with Crippen LogP contribution in [0.4, 0.5) is 24.5 Å². The smallest absolute Gasteiger partial charge is 0.465 e. The predicted molar refractivity (Wildman–Crippen MR) is 137 cm³/mol. The van der Waals surface area contributed by atoms with Crippen molar-refractivity contribution in [2.45, 2.75) is 19.4 Å². The Kier molecular flexibility index (Phi) is 11.6. The molecule has 12 heteroatoms. The van der Waals surface area contributed by atoms with E-state index in [1.54, 1.807) is 24.3 Å². The number of carbonyl (C=O) groups excluding carboxylic acids is 2. The lowest BCUT2D eigenvalue weighted by Gasteiger charge is -2.21. The van der Waals surface area contributed by atoms with E-state index < -0.39 is 32.9 Å². The lowest BCUT2D eigenvalue weighted by atomic mass is 10.1. The van der Waals surface area contributed by atoms with Gasteiger partial charge in [-0.3, -0.25) is 0 Å². The standard InChI is InChI=1S/C15H15NO2.C9H7F3O5S.C2H6/c1-16(12-8-4-3-5-9-12)14-11-7-6-10-13(14)15(17)18-2;1-16-8(13)6-4-2-3-5-7(6)17-18(14,15)9(10,11)12;1-2/h3-11H,1-2H3;2-5H,1H3;1-2H3/i4D;;. The monoisotopic (exact) mass is 556 g/mol. The molecule has 3 aromatic rings. The first-order valence-corrected chi connectivity index (χ1v) is 12.4. The average Bonchev–Trinajstić information content (AvgIpc) is 2.92. The van der Waals surface area contributed by atoms with Crippen molar-refractivity contribution in [2.24, 2.45) is 0 Å². The zero-order chi connectivity index (χ0) is 29.8. The summed E-state index contributed by atoms with van der Waals surface area (Å²) in [5.41, 5.74) is -3.89. The highest BCUT2D eigenvalue weighted by Crippen LogP contribution is 2.29. The van der Waals surface area contributed by atoms with Crippen molar-refractivity contribution in [1.82, 2.24) is 0 Å². The molecular weight excluding hydrogens is 527 g/mol. The highest BCUT2D eigenvalue weighted by molar-refractivity contribution is 7.88. The van der Waals surface area contributed by atoms with Gasteiger partial charge in [0, 0.05) is 12.7 Å². The maximum Gasteiger partial charge on any atom is 0.534 e. The minimum absolute atomic E-state index is 0.371. The second-order valence-corrected chi connectivity index (χ2v) is 8.34. The van der Waals surface area contributed by atoms with Crippen LogP contribution in [0.3, 0.4) is 0 Å². The van der Waals surface area contributed by atoms with E-state index >= 15 is 0 Å². The van der Waals surface area contributed by atoms with Crippen LogP contribution in [0.15, 0.2) is 78.8 Å². The molecule has 206 valence electrons. The van der Waals surface area contributed by atoms with Crippen LogP contribution in [0, 0.1) is 0 Å². The van der Waals surface area contributed by atoms with E-state index in [9.17, 15) is 31.2 Å². The first-order chi connectivity index (χ1) is 18.3. The molecule has 0 saturated carbocycles. The van der Waals surface area contributed by atoms with Crippen molar-refractivity contribution in [3.8, 4) is 5.75 Å². The summed E-state index contributed by atoms with van der Waals surface area (Å²) < 4.78 is 78.5. The summed E-state index contributed by atoms with van der Waals surface area (Å²) in [6, 6.07) is 19.4. The van der Waals surface area contributed by atoms with Crippen molar-refractivity contribution in [3.05, 3.63) is 90.0 Å². The summed E-state index contributed by atoms with van der Waals surface area (Å²) in [6.45, 7) is 4.00. The Morgan fingerprint density at radius 2 is 1.32 bits per heavy atom. The molecule has 0 aliphatic carbocycles. The quantitative estimate of drug-likeness (QED) is 0.208. The number of halogens is 3. The molecule has 0 fully saturated rings. The van der Waals surface area contributed by atoms with E-state index in [0.717, 1.165) is 30.6 Å². The lowest BCUT2D eigenvalue weighted by Crippen LogP contribution is -2.28.